The van der Waals surface area contributed by atoms with Crippen molar-refractivity contribution in [3.63, 3.8) is 0 Å². The van der Waals surface area contributed by atoms with Gasteiger partial charge in [0.05, 0.1) is 17.9 Å². The Morgan fingerprint density at radius 1 is 0.971 bits per heavy atom. The van der Waals surface area contributed by atoms with Gasteiger partial charge >= 0.3 is 0 Å². The first-order valence-corrected chi connectivity index (χ1v) is 11.4. The molecule has 4 aromatic rings. The van der Waals surface area contributed by atoms with Gasteiger partial charge in [0.2, 0.25) is 0 Å². The van der Waals surface area contributed by atoms with E-state index in [1.54, 1.807) is 30.5 Å². The van der Waals surface area contributed by atoms with Gasteiger partial charge in [-0.05, 0) is 68.7 Å². The van der Waals surface area contributed by atoms with E-state index in [2.05, 4.69) is 20.7 Å². The molecular formula is C27H25N5O2. The first kappa shape index (κ1) is 21.6. The van der Waals surface area contributed by atoms with E-state index in [4.69, 9.17) is 0 Å². The lowest BCUT2D eigenvalue weighted by Gasteiger charge is -2.08. The van der Waals surface area contributed by atoms with Gasteiger partial charge in [0.1, 0.15) is 0 Å². The van der Waals surface area contributed by atoms with E-state index in [1.165, 1.54) is 5.56 Å². The molecule has 0 atom stereocenters. The molecule has 7 heteroatoms. The summed E-state index contributed by atoms with van der Waals surface area (Å²) in [4.78, 5) is 30.0. The molecule has 2 aromatic carbocycles. The van der Waals surface area contributed by atoms with Crippen LogP contribution in [0.25, 0.3) is 5.69 Å². The van der Waals surface area contributed by atoms with Crippen LogP contribution >= 0.6 is 0 Å². The van der Waals surface area contributed by atoms with Crippen LogP contribution in [0.4, 0.5) is 5.69 Å². The number of amides is 2. The third kappa shape index (κ3) is 4.45. The van der Waals surface area contributed by atoms with Crippen molar-refractivity contribution >= 4 is 17.5 Å². The molecule has 0 aliphatic heterocycles. The van der Waals surface area contributed by atoms with Gasteiger partial charge in [-0.15, -0.1) is 0 Å². The number of aryl methyl sites for hydroxylation is 1. The molecule has 0 bridgehead atoms. The third-order valence-corrected chi connectivity index (χ3v) is 5.96. The van der Waals surface area contributed by atoms with Crippen LogP contribution in [-0.4, -0.2) is 26.6 Å². The van der Waals surface area contributed by atoms with E-state index in [0.717, 1.165) is 41.9 Å². The van der Waals surface area contributed by atoms with Crippen LogP contribution in [0.3, 0.4) is 0 Å². The van der Waals surface area contributed by atoms with Gasteiger partial charge in [-0.1, -0.05) is 29.8 Å². The number of anilines is 1. The molecule has 0 radical (unpaired) electrons. The lowest BCUT2D eigenvalue weighted by molar-refractivity contribution is 0.0949. The number of hydrogen-bond acceptors (Lipinski definition) is 4. The first-order chi connectivity index (χ1) is 16.6. The van der Waals surface area contributed by atoms with Crippen LogP contribution in [-0.2, 0) is 19.4 Å². The minimum Gasteiger partial charge on any atom is -0.346 e. The number of carbonyl (C=O) groups is 2. The van der Waals surface area contributed by atoms with Gasteiger partial charge < -0.3 is 10.6 Å². The molecule has 0 saturated heterocycles. The molecule has 170 valence electrons. The summed E-state index contributed by atoms with van der Waals surface area (Å²) in [7, 11) is 0. The fourth-order valence-electron chi connectivity index (χ4n) is 4.22. The second-order valence-electron chi connectivity index (χ2n) is 8.41. The molecule has 2 amide bonds. The van der Waals surface area contributed by atoms with Crippen molar-refractivity contribution < 1.29 is 9.59 Å². The molecule has 2 heterocycles. The SMILES string of the molecule is Cc1ccc(-n2nc(C(=O)Nc3cccc(C(=O)NCc4ccccn4)c3)c3c2CCC3)cc1. The Balaban J connectivity index is 1.33. The minimum atomic E-state index is -0.268. The summed E-state index contributed by atoms with van der Waals surface area (Å²) >= 11 is 0. The van der Waals surface area contributed by atoms with Crippen LogP contribution in [0, 0.1) is 6.92 Å². The Bertz CT molecular complexity index is 1340. The highest BCUT2D eigenvalue weighted by atomic mass is 16.2. The normalized spacial score (nSPS) is 12.3. The average molecular weight is 452 g/mol. The van der Waals surface area contributed by atoms with E-state index in [0.29, 0.717) is 23.5 Å². The van der Waals surface area contributed by atoms with Crippen molar-refractivity contribution in [3.8, 4) is 5.69 Å². The summed E-state index contributed by atoms with van der Waals surface area (Å²) in [5.41, 5.74) is 6.45. The summed E-state index contributed by atoms with van der Waals surface area (Å²) < 4.78 is 1.89. The Labute approximate surface area is 197 Å². The van der Waals surface area contributed by atoms with Gasteiger partial charge in [0.25, 0.3) is 11.8 Å². The number of fused-ring (bicyclic) bond motifs is 1. The fraction of sp³-hybridized carbons (Fsp3) is 0.185. The van der Waals surface area contributed by atoms with E-state index in [-0.39, 0.29) is 11.8 Å². The van der Waals surface area contributed by atoms with E-state index in [1.807, 2.05) is 54.1 Å². The van der Waals surface area contributed by atoms with Crippen molar-refractivity contribution in [3.05, 3.63) is 107 Å². The molecule has 2 aromatic heterocycles. The zero-order chi connectivity index (χ0) is 23.5. The lowest BCUT2D eigenvalue weighted by atomic mass is 10.1. The molecule has 0 fully saturated rings. The smallest absolute Gasteiger partial charge is 0.276 e. The Morgan fingerprint density at radius 2 is 1.82 bits per heavy atom. The molecule has 34 heavy (non-hydrogen) atoms. The largest absolute Gasteiger partial charge is 0.346 e. The zero-order valence-corrected chi connectivity index (χ0v) is 18.9. The fourth-order valence-corrected chi connectivity index (χ4v) is 4.22. The molecule has 0 unspecified atom stereocenters. The Hall–Kier alpha value is -4.26. The summed E-state index contributed by atoms with van der Waals surface area (Å²) in [6.07, 6.45) is 4.43. The Morgan fingerprint density at radius 3 is 2.62 bits per heavy atom. The molecule has 0 saturated carbocycles. The molecule has 7 nitrogen and oxygen atoms in total. The van der Waals surface area contributed by atoms with Gasteiger partial charge in [0.15, 0.2) is 5.69 Å². The van der Waals surface area contributed by atoms with Gasteiger partial charge in [-0.25, -0.2) is 4.68 Å². The summed E-state index contributed by atoms with van der Waals surface area (Å²) in [5.74, 6) is -0.499. The van der Waals surface area contributed by atoms with Crippen LogP contribution in [0.5, 0.6) is 0 Å². The number of nitrogens with one attached hydrogen (secondary N) is 2. The van der Waals surface area contributed by atoms with Gasteiger partial charge in [-0.2, -0.15) is 5.10 Å². The number of benzene rings is 2. The maximum Gasteiger partial charge on any atom is 0.276 e. The van der Waals surface area contributed by atoms with Crippen LogP contribution in [0.15, 0.2) is 72.9 Å². The minimum absolute atomic E-state index is 0.230. The average Bonchev–Trinajstić information content (AvgIpc) is 3.47. The van der Waals surface area contributed by atoms with Gasteiger partial charge in [-0.3, -0.25) is 14.6 Å². The maximum atomic E-state index is 13.2. The highest BCUT2D eigenvalue weighted by molar-refractivity contribution is 6.05. The van der Waals surface area contributed by atoms with E-state index < -0.39 is 0 Å². The molecule has 1 aliphatic carbocycles. The molecular weight excluding hydrogens is 426 g/mol. The summed E-state index contributed by atoms with van der Waals surface area (Å²) in [6, 6.07) is 20.6. The highest BCUT2D eigenvalue weighted by Gasteiger charge is 2.27. The monoisotopic (exact) mass is 451 g/mol. The summed E-state index contributed by atoms with van der Waals surface area (Å²) in [6.45, 7) is 2.38. The number of pyridine rings is 1. The quantitative estimate of drug-likeness (QED) is 0.459. The molecule has 2 N–H and O–H groups in total. The third-order valence-electron chi connectivity index (χ3n) is 5.96. The molecule has 1 aliphatic rings. The van der Waals surface area contributed by atoms with E-state index >= 15 is 0 Å². The van der Waals surface area contributed by atoms with Crippen LogP contribution in [0.2, 0.25) is 0 Å². The van der Waals surface area contributed by atoms with Crippen molar-refractivity contribution in [2.24, 2.45) is 0 Å². The van der Waals surface area contributed by atoms with Crippen LogP contribution in [0.1, 0.15) is 49.8 Å². The Kier molecular flexibility index (Phi) is 5.91. The zero-order valence-electron chi connectivity index (χ0n) is 18.9. The number of hydrogen-bond donors (Lipinski definition) is 2. The number of carbonyl (C=O) groups excluding carboxylic acids is 2. The standard InChI is InChI=1S/C27H25N5O2/c1-18-11-13-22(14-12-18)32-24-10-5-9-23(24)25(31-32)27(34)30-20-8-4-6-19(16-20)26(33)29-17-21-7-2-3-15-28-21/h2-4,6-8,11-16H,5,9-10,17H2,1H3,(H,29,33)(H,30,34). The predicted octanol–water partition coefficient (Wildman–Crippen LogP) is 4.25. The topological polar surface area (TPSA) is 88.9 Å². The van der Waals surface area contributed by atoms with Gasteiger partial charge in [0, 0.05) is 28.7 Å². The highest BCUT2D eigenvalue weighted by Crippen LogP contribution is 2.28. The van der Waals surface area contributed by atoms with E-state index in [9.17, 15) is 9.59 Å². The predicted molar refractivity (Wildman–Crippen MR) is 130 cm³/mol. The number of aromatic nitrogens is 3. The number of rotatable bonds is 6. The first-order valence-electron chi connectivity index (χ1n) is 11.4. The summed E-state index contributed by atoms with van der Waals surface area (Å²) in [5, 5.41) is 10.4. The molecule has 5 rings (SSSR count). The second-order valence-corrected chi connectivity index (χ2v) is 8.41. The molecule has 0 spiro atoms. The lowest BCUT2D eigenvalue weighted by Crippen LogP contribution is -2.23. The number of nitrogens with zero attached hydrogens (tertiary/aromatic N) is 3. The van der Waals surface area contributed by atoms with Crippen molar-refractivity contribution in [2.45, 2.75) is 32.7 Å². The van der Waals surface area contributed by atoms with Crippen molar-refractivity contribution in [1.29, 1.82) is 0 Å². The van der Waals surface area contributed by atoms with Crippen molar-refractivity contribution in [1.82, 2.24) is 20.1 Å². The van der Waals surface area contributed by atoms with Crippen LogP contribution < -0.4 is 10.6 Å². The van der Waals surface area contributed by atoms with Crippen molar-refractivity contribution in [2.75, 3.05) is 5.32 Å². The maximum absolute atomic E-state index is 13.2. The second kappa shape index (κ2) is 9.31.